The minimum atomic E-state index is -0.178. The van der Waals surface area contributed by atoms with Crippen molar-refractivity contribution in [2.45, 2.75) is 24.7 Å². The number of ether oxygens (including phenoxy) is 1. The number of amides is 1. The lowest BCUT2D eigenvalue weighted by atomic mass is 10.0. The molecule has 0 aliphatic heterocycles. The maximum absolute atomic E-state index is 12.0. The third-order valence-corrected chi connectivity index (χ3v) is 4.68. The van der Waals surface area contributed by atoms with Gasteiger partial charge in [0.15, 0.2) is 6.61 Å². The van der Waals surface area contributed by atoms with E-state index in [1.807, 2.05) is 48.7 Å². The first kappa shape index (κ1) is 17.9. The van der Waals surface area contributed by atoms with Gasteiger partial charge in [-0.3, -0.25) is 4.79 Å². The van der Waals surface area contributed by atoms with Gasteiger partial charge in [-0.2, -0.15) is 0 Å². The van der Waals surface area contributed by atoms with Crippen molar-refractivity contribution in [1.82, 2.24) is 0 Å². The fourth-order valence-electron chi connectivity index (χ4n) is 2.03. The Kier molecular flexibility index (Phi) is 6.54. The molecule has 0 bridgehead atoms. The number of carbonyl (C=O) groups excluding carboxylic acids is 1. The van der Waals surface area contributed by atoms with E-state index in [1.165, 1.54) is 5.56 Å². The number of nitrogens with one attached hydrogen (secondary N) is 1. The van der Waals surface area contributed by atoms with Gasteiger partial charge in [0.1, 0.15) is 5.75 Å². The van der Waals surface area contributed by atoms with Gasteiger partial charge in [0.25, 0.3) is 5.91 Å². The summed E-state index contributed by atoms with van der Waals surface area (Å²) in [4.78, 5) is 13.1. The molecular formula is C18H20BrNO2S. The second kappa shape index (κ2) is 8.41. The lowest BCUT2D eigenvalue weighted by Gasteiger charge is -2.12. The standard InChI is InChI=1S/C18H20BrNO2S/c1-12(2)13-7-8-17(16(19)9-13)22-11-18(21)20-14-5-4-6-15(10-14)23-3/h4-10,12H,11H2,1-3H3,(H,20,21). The highest BCUT2D eigenvalue weighted by Crippen LogP contribution is 2.29. The van der Waals surface area contributed by atoms with Gasteiger partial charge in [-0.05, 0) is 64.0 Å². The van der Waals surface area contributed by atoms with Crippen molar-refractivity contribution >= 4 is 39.3 Å². The summed E-state index contributed by atoms with van der Waals surface area (Å²) in [6, 6.07) is 13.7. The molecule has 0 unspecified atom stereocenters. The molecule has 2 aromatic rings. The zero-order valence-corrected chi connectivity index (χ0v) is 15.8. The molecule has 5 heteroatoms. The molecule has 0 atom stereocenters. The van der Waals surface area contributed by atoms with Crippen LogP contribution >= 0.6 is 27.7 Å². The zero-order valence-electron chi connectivity index (χ0n) is 13.4. The Morgan fingerprint density at radius 3 is 2.70 bits per heavy atom. The van der Waals surface area contributed by atoms with E-state index < -0.39 is 0 Å². The van der Waals surface area contributed by atoms with Crippen molar-refractivity contribution in [3.63, 3.8) is 0 Å². The first-order valence-electron chi connectivity index (χ1n) is 7.35. The lowest BCUT2D eigenvalue weighted by molar-refractivity contribution is -0.118. The summed E-state index contributed by atoms with van der Waals surface area (Å²) in [5, 5.41) is 2.84. The number of hydrogen-bond acceptors (Lipinski definition) is 3. The molecule has 0 saturated heterocycles. The van der Waals surface area contributed by atoms with E-state index in [4.69, 9.17) is 4.74 Å². The summed E-state index contributed by atoms with van der Waals surface area (Å²) in [6.45, 7) is 4.25. The third-order valence-electron chi connectivity index (χ3n) is 3.33. The molecule has 0 heterocycles. The van der Waals surface area contributed by atoms with Crippen LogP contribution in [0.5, 0.6) is 5.75 Å². The van der Waals surface area contributed by atoms with E-state index in [1.54, 1.807) is 11.8 Å². The number of carbonyl (C=O) groups is 1. The molecule has 2 rings (SSSR count). The fraction of sp³-hybridized carbons (Fsp3) is 0.278. The second-order valence-electron chi connectivity index (χ2n) is 5.41. The molecule has 1 amide bonds. The number of thioether (sulfide) groups is 1. The van der Waals surface area contributed by atoms with Gasteiger partial charge in [-0.25, -0.2) is 0 Å². The Balaban J connectivity index is 1.94. The van der Waals surface area contributed by atoms with Gasteiger partial charge in [0, 0.05) is 10.6 Å². The minimum absolute atomic E-state index is 0.0247. The average Bonchev–Trinajstić information content (AvgIpc) is 2.53. The van der Waals surface area contributed by atoms with E-state index >= 15 is 0 Å². The molecule has 0 saturated carbocycles. The highest BCUT2D eigenvalue weighted by Gasteiger charge is 2.08. The Morgan fingerprint density at radius 1 is 1.26 bits per heavy atom. The molecule has 0 spiro atoms. The Morgan fingerprint density at radius 2 is 2.04 bits per heavy atom. The highest BCUT2D eigenvalue weighted by molar-refractivity contribution is 9.10. The quantitative estimate of drug-likeness (QED) is 0.675. The van der Waals surface area contributed by atoms with Crippen LogP contribution in [0.1, 0.15) is 25.3 Å². The molecule has 1 N–H and O–H groups in total. The predicted octanol–water partition coefficient (Wildman–Crippen LogP) is 5.31. The van der Waals surface area contributed by atoms with Crippen LogP contribution in [-0.4, -0.2) is 18.8 Å². The zero-order chi connectivity index (χ0) is 16.8. The molecule has 0 aliphatic carbocycles. The molecular weight excluding hydrogens is 374 g/mol. The minimum Gasteiger partial charge on any atom is -0.483 e. The van der Waals surface area contributed by atoms with Crippen molar-refractivity contribution in [3.05, 3.63) is 52.5 Å². The summed E-state index contributed by atoms with van der Waals surface area (Å²) >= 11 is 5.13. The maximum atomic E-state index is 12.0. The summed E-state index contributed by atoms with van der Waals surface area (Å²) in [5.41, 5.74) is 2.00. The van der Waals surface area contributed by atoms with Crippen LogP contribution in [-0.2, 0) is 4.79 Å². The van der Waals surface area contributed by atoms with Crippen LogP contribution in [0.2, 0.25) is 0 Å². The largest absolute Gasteiger partial charge is 0.483 e. The van der Waals surface area contributed by atoms with Crippen molar-refractivity contribution in [3.8, 4) is 5.75 Å². The molecule has 23 heavy (non-hydrogen) atoms. The molecule has 122 valence electrons. The molecule has 0 radical (unpaired) electrons. The van der Waals surface area contributed by atoms with Gasteiger partial charge in [-0.15, -0.1) is 11.8 Å². The SMILES string of the molecule is CSc1cccc(NC(=O)COc2ccc(C(C)C)cc2Br)c1. The normalized spacial score (nSPS) is 10.7. The van der Waals surface area contributed by atoms with Crippen molar-refractivity contribution in [1.29, 1.82) is 0 Å². The van der Waals surface area contributed by atoms with Gasteiger partial charge in [0.2, 0.25) is 0 Å². The summed E-state index contributed by atoms with van der Waals surface area (Å²) in [6.07, 6.45) is 2.00. The van der Waals surface area contributed by atoms with Gasteiger partial charge < -0.3 is 10.1 Å². The van der Waals surface area contributed by atoms with Crippen LogP contribution in [0.3, 0.4) is 0 Å². The number of hydrogen-bond donors (Lipinski definition) is 1. The van der Waals surface area contributed by atoms with Crippen LogP contribution in [0.25, 0.3) is 0 Å². The summed E-state index contributed by atoms with van der Waals surface area (Å²) < 4.78 is 6.46. The first-order valence-corrected chi connectivity index (χ1v) is 9.37. The predicted molar refractivity (Wildman–Crippen MR) is 101 cm³/mol. The molecule has 0 aromatic heterocycles. The van der Waals surface area contributed by atoms with Crippen LogP contribution in [0, 0.1) is 0 Å². The smallest absolute Gasteiger partial charge is 0.262 e. The number of halogens is 1. The Hall–Kier alpha value is -1.46. The third kappa shape index (κ3) is 5.29. The van der Waals surface area contributed by atoms with E-state index in [-0.39, 0.29) is 12.5 Å². The van der Waals surface area contributed by atoms with Gasteiger partial charge in [0.05, 0.1) is 4.47 Å². The van der Waals surface area contributed by atoms with E-state index in [2.05, 4.69) is 35.1 Å². The highest BCUT2D eigenvalue weighted by atomic mass is 79.9. The Bertz CT molecular complexity index is 688. The van der Waals surface area contributed by atoms with E-state index in [9.17, 15) is 4.79 Å². The van der Waals surface area contributed by atoms with Gasteiger partial charge in [-0.1, -0.05) is 26.0 Å². The first-order chi connectivity index (χ1) is 11.0. The fourth-order valence-corrected chi connectivity index (χ4v) is 3.00. The molecule has 3 nitrogen and oxygen atoms in total. The van der Waals surface area contributed by atoms with Crippen molar-refractivity contribution < 1.29 is 9.53 Å². The summed E-state index contributed by atoms with van der Waals surface area (Å²) in [7, 11) is 0. The van der Waals surface area contributed by atoms with Gasteiger partial charge >= 0.3 is 0 Å². The number of anilines is 1. The monoisotopic (exact) mass is 393 g/mol. The summed E-state index contributed by atoms with van der Waals surface area (Å²) in [5.74, 6) is 0.942. The van der Waals surface area contributed by atoms with Crippen LogP contribution in [0.15, 0.2) is 51.8 Å². The van der Waals surface area contributed by atoms with Crippen LogP contribution < -0.4 is 10.1 Å². The van der Waals surface area contributed by atoms with E-state index in [0.717, 1.165) is 15.1 Å². The van der Waals surface area contributed by atoms with Crippen LogP contribution in [0.4, 0.5) is 5.69 Å². The van der Waals surface area contributed by atoms with E-state index in [0.29, 0.717) is 11.7 Å². The van der Waals surface area contributed by atoms with Crippen molar-refractivity contribution in [2.75, 3.05) is 18.2 Å². The molecule has 0 fully saturated rings. The maximum Gasteiger partial charge on any atom is 0.262 e. The number of rotatable bonds is 6. The second-order valence-corrected chi connectivity index (χ2v) is 7.15. The molecule has 2 aromatic carbocycles. The topological polar surface area (TPSA) is 38.3 Å². The average molecular weight is 394 g/mol. The number of benzene rings is 2. The molecule has 0 aliphatic rings. The lowest BCUT2D eigenvalue weighted by Crippen LogP contribution is -2.20. The van der Waals surface area contributed by atoms with Crippen molar-refractivity contribution in [2.24, 2.45) is 0 Å². The Labute approximate surface area is 149 Å².